The lowest BCUT2D eigenvalue weighted by atomic mass is 9.97. The lowest BCUT2D eigenvalue weighted by molar-refractivity contribution is -0.130. The molecular formula is C18H31N3O2. The van der Waals surface area contributed by atoms with E-state index in [1.165, 1.54) is 31.3 Å². The number of amides is 3. The zero-order valence-corrected chi connectivity index (χ0v) is 14.2. The SMILES string of the molecule is O=C(NCCCN1CCCCCC1=O)NCCC1=CCCCC1. The van der Waals surface area contributed by atoms with Gasteiger partial charge in [-0.25, -0.2) is 4.79 Å². The van der Waals surface area contributed by atoms with Gasteiger partial charge in [0.2, 0.25) is 5.91 Å². The molecule has 0 atom stereocenters. The van der Waals surface area contributed by atoms with Crippen LogP contribution in [0.15, 0.2) is 11.6 Å². The average Bonchev–Trinajstić information content (AvgIpc) is 2.77. The van der Waals surface area contributed by atoms with Gasteiger partial charge in [0.25, 0.3) is 0 Å². The average molecular weight is 321 g/mol. The number of carbonyl (C=O) groups is 2. The topological polar surface area (TPSA) is 61.4 Å². The molecule has 1 fully saturated rings. The first kappa shape index (κ1) is 17.8. The van der Waals surface area contributed by atoms with Gasteiger partial charge in [-0.2, -0.15) is 0 Å². The molecule has 0 aromatic heterocycles. The molecule has 23 heavy (non-hydrogen) atoms. The van der Waals surface area contributed by atoms with Crippen molar-refractivity contribution in [1.29, 1.82) is 0 Å². The largest absolute Gasteiger partial charge is 0.343 e. The van der Waals surface area contributed by atoms with Gasteiger partial charge < -0.3 is 15.5 Å². The van der Waals surface area contributed by atoms with Crippen LogP contribution >= 0.6 is 0 Å². The molecule has 1 saturated heterocycles. The minimum absolute atomic E-state index is 0.0939. The smallest absolute Gasteiger partial charge is 0.314 e. The Morgan fingerprint density at radius 2 is 1.87 bits per heavy atom. The van der Waals surface area contributed by atoms with Crippen LogP contribution < -0.4 is 10.6 Å². The summed E-state index contributed by atoms with van der Waals surface area (Å²) < 4.78 is 0. The molecule has 5 heteroatoms. The quantitative estimate of drug-likeness (QED) is 0.559. The molecule has 2 aliphatic rings. The van der Waals surface area contributed by atoms with Crippen LogP contribution in [0.4, 0.5) is 4.79 Å². The molecule has 1 heterocycles. The Kier molecular flexibility index (Phi) is 7.98. The third-order valence-electron chi connectivity index (χ3n) is 4.68. The predicted octanol–water partition coefficient (Wildman–Crippen LogP) is 2.97. The Morgan fingerprint density at radius 3 is 2.70 bits per heavy atom. The van der Waals surface area contributed by atoms with Crippen LogP contribution in [0.3, 0.4) is 0 Å². The second kappa shape index (κ2) is 10.3. The normalized spacial score (nSPS) is 19.0. The van der Waals surface area contributed by atoms with E-state index < -0.39 is 0 Å². The molecule has 0 saturated carbocycles. The van der Waals surface area contributed by atoms with Gasteiger partial charge in [-0.1, -0.05) is 18.1 Å². The molecule has 0 aromatic carbocycles. The van der Waals surface area contributed by atoms with Crippen molar-refractivity contribution in [2.45, 2.75) is 64.2 Å². The first-order chi connectivity index (χ1) is 11.3. The van der Waals surface area contributed by atoms with Gasteiger partial charge in [0, 0.05) is 32.6 Å². The second-order valence-corrected chi connectivity index (χ2v) is 6.59. The molecule has 0 bridgehead atoms. The van der Waals surface area contributed by atoms with Crippen LogP contribution in [0.1, 0.15) is 64.2 Å². The van der Waals surface area contributed by atoms with E-state index >= 15 is 0 Å². The molecular weight excluding hydrogens is 290 g/mol. The number of carbonyl (C=O) groups excluding carboxylic acids is 2. The summed E-state index contributed by atoms with van der Waals surface area (Å²) in [5.41, 5.74) is 1.48. The van der Waals surface area contributed by atoms with Crippen LogP contribution in [-0.2, 0) is 4.79 Å². The van der Waals surface area contributed by atoms with Gasteiger partial charge in [0.05, 0.1) is 0 Å². The van der Waals surface area contributed by atoms with Crippen molar-refractivity contribution in [2.24, 2.45) is 0 Å². The highest BCUT2D eigenvalue weighted by Gasteiger charge is 2.15. The lowest BCUT2D eigenvalue weighted by Gasteiger charge is -2.20. The standard InChI is InChI=1S/C18H31N3O2/c22-17-10-5-2-6-14-21(17)15-7-12-19-18(23)20-13-11-16-8-3-1-4-9-16/h8H,1-7,9-15H2,(H2,19,20,23). The van der Waals surface area contributed by atoms with Crippen LogP contribution in [0.5, 0.6) is 0 Å². The lowest BCUT2D eigenvalue weighted by Crippen LogP contribution is -2.38. The molecule has 1 aliphatic carbocycles. The number of likely N-dealkylation sites (tertiary alicyclic amines) is 1. The first-order valence-electron chi connectivity index (χ1n) is 9.23. The molecule has 0 radical (unpaired) electrons. The highest BCUT2D eigenvalue weighted by molar-refractivity contribution is 5.76. The molecule has 3 amide bonds. The molecule has 2 N–H and O–H groups in total. The molecule has 1 aliphatic heterocycles. The second-order valence-electron chi connectivity index (χ2n) is 6.59. The highest BCUT2D eigenvalue weighted by atomic mass is 16.2. The van der Waals surface area contributed by atoms with Crippen molar-refractivity contribution in [2.75, 3.05) is 26.2 Å². The molecule has 5 nitrogen and oxygen atoms in total. The number of nitrogens with one attached hydrogen (secondary N) is 2. The minimum atomic E-state index is -0.0939. The van der Waals surface area contributed by atoms with Gasteiger partial charge in [-0.05, 0) is 51.4 Å². The maximum Gasteiger partial charge on any atom is 0.314 e. The van der Waals surface area contributed by atoms with E-state index in [0.717, 1.165) is 45.2 Å². The molecule has 0 aromatic rings. The van der Waals surface area contributed by atoms with Crippen molar-refractivity contribution in [3.8, 4) is 0 Å². The van der Waals surface area contributed by atoms with Crippen LogP contribution in [0.25, 0.3) is 0 Å². The third kappa shape index (κ3) is 7.06. The fourth-order valence-electron chi connectivity index (χ4n) is 3.28. The Morgan fingerprint density at radius 1 is 1.04 bits per heavy atom. The summed E-state index contributed by atoms with van der Waals surface area (Å²) in [7, 11) is 0. The van der Waals surface area contributed by atoms with Crippen LogP contribution in [-0.4, -0.2) is 43.0 Å². The zero-order chi connectivity index (χ0) is 16.3. The van der Waals surface area contributed by atoms with E-state index in [0.29, 0.717) is 19.5 Å². The predicted molar refractivity (Wildman–Crippen MR) is 92.2 cm³/mol. The zero-order valence-electron chi connectivity index (χ0n) is 14.2. The summed E-state index contributed by atoms with van der Waals surface area (Å²) in [5.74, 6) is 0.271. The van der Waals surface area contributed by atoms with Gasteiger partial charge in [-0.3, -0.25) is 4.79 Å². The van der Waals surface area contributed by atoms with E-state index in [9.17, 15) is 9.59 Å². The van der Waals surface area contributed by atoms with Gasteiger partial charge in [-0.15, -0.1) is 0 Å². The van der Waals surface area contributed by atoms with Crippen LogP contribution in [0.2, 0.25) is 0 Å². The van der Waals surface area contributed by atoms with E-state index in [4.69, 9.17) is 0 Å². The van der Waals surface area contributed by atoms with E-state index in [1.807, 2.05) is 4.90 Å². The minimum Gasteiger partial charge on any atom is -0.343 e. The molecule has 130 valence electrons. The number of urea groups is 1. The number of hydrogen-bond acceptors (Lipinski definition) is 2. The summed E-state index contributed by atoms with van der Waals surface area (Å²) in [5, 5.41) is 5.80. The monoisotopic (exact) mass is 321 g/mol. The number of rotatable bonds is 7. The Balaban J connectivity index is 1.50. The fraction of sp³-hybridized carbons (Fsp3) is 0.778. The Hall–Kier alpha value is -1.52. The number of hydrogen-bond donors (Lipinski definition) is 2. The summed E-state index contributed by atoms with van der Waals surface area (Å²) >= 11 is 0. The van der Waals surface area contributed by atoms with Gasteiger partial charge in [0.15, 0.2) is 0 Å². The van der Waals surface area contributed by atoms with Crippen molar-refractivity contribution < 1.29 is 9.59 Å². The van der Waals surface area contributed by atoms with Crippen molar-refractivity contribution in [1.82, 2.24) is 15.5 Å². The van der Waals surface area contributed by atoms with Crippen LogP contribution in [0, 0.1) is 0 Å². The summed E-state index contributed by atoms with van der Waals surface area (Å²) in [6, 6.07) is -0.0939. The van der Waals surface area contributed by atoms with Crippen molar-refractivity contribution in [3.63, 3.8) is 0 Å². The molecule has 2 rings (SSSR count). The fourth-order valence-corrected chi connectivity index (χ4v) is 3.28. The summed E-state index contributed by atoms with van der Waals surface area (Å²) in [6.45, 7) is 2.97. The van der Waals surface area contributed by atoms with Crippen molar-refractivity contribution in [3.05, 3.63) is 11.6 Å². The highest BCUT2D eigenvalue weighted by Crippen LogP contribution is 2.19. The van der Waals surface area contributed by atoms with E-state index in [-0.39, 0.29) is 11.9 Å². The van der Waals surface area contributed by atoms with Gasteiger partial charge >= 0.3 is 6.03 Å². The summed E-state index contributed by atoms with van der Waals surface area (Å²) in [6.07, 6.45) is 13.0. The first-order valence-corrected chi connectivity index (χ1v) is 9.23. The van der Waals surface area contributed by atoms with Gasteiger partial charge in [0.1, 0.15) is 0 Å². The number of nitrogens with zero attached hydrogens (tertiary/aromatic N) is 1. The van der Waals surface area contributed by atoms with Crippen molar-refractivity contribution >= 4 is 11.9 Å². The van der Waals surface area contributed by atoms with E-state index in [2.05, 4.69) is 16.7 Å². The Bertz CT molecular complexity index is 420. The summed E-state index contributed by atoms with van der Waals surface area (Å²) in [4.78, 5) is 25.5. The molecule has 0 unspecified atom stereocenters. The number of allylic oxidation sites excluding steroid dienone is 1. The molecule has 0 spiro atoms. The van der Waals surface area contributed by atoms with E-state index in [1.54, 1.807) is 0 Å². The Labute approximate surface area is 139 Å². The maximum atomic E-state index is 11.9. The third-order valence-corrected chi connectivity index (χ3v) is 4.68. The maximum absolute atomic E-state index is 11.9.